The predicted molar refractivity (Wildman–Crippen MR) is 162 cm³/mol. The zero-order valence-corrected chi connectivity index (χ0v) is 25.3. The fourth-order valence-electron chi connectivity index (χ4n) is 9.37. The van der Waals surface area contributed by atoms with E-state index in [1.54, 1.807) is 13.1 Å². The minimum absolute atomic E-state index is 0.0503. The fraction of sp³-hybridized carbons (Fsp3) is 0.588. The molecule has 2 aromatic rings. The summed E-state index contributed by atoms with van der Waals surface area (Å²) in [5, 5.41) is 28.9. The van der Waals surface area contributed by atoms with Crippen molar-refractivity contribution in [3.05, 3.63) is 47.7 Å². The van der Waals surface area contributed by atoms with E-state index in [1.165, 1.54) is 5.57 Å². The number of Topliss-reactive ketones (excluding diaryl/α,β-unsaturated/α-hetero) is 1. The van der Waals surface area contributed by atoms with Gasteiger partial charge in [-0.1, -0.05) is 42.8 Å². The number of carbonyl (C=O) groups excluding carboxylic acids is 2. The highest BCUT2D eigenvalue weighted by Crippen LogP contribution is 2.67. The Hall–Kier alpha value is -3.46. The second-order valence-electron chi connectivity index (χ2n) is 13.8. The summed E-state index contributed by atoms with van der Waals surface area (Å²) in [6.07, 6.45) is 11.1. The van der Waals surface area contributed by atoms with Crippen molar-refractivity contribution in [1.29, 1.82) is 0 Å². The van der Waals surface area contributed by atoms with Gasteiger partial charge in [-0.2, -0.15) is 0 Å². The molecular formula is C34H43N3O6. The standard InChI is InChI=1S/C34H43N3O6/c1-20(38)34(42)15-12-27-25-9-8-22-17-23(10-13-32(22,2)26(25)11-14-33(27,34)3)37-43-19-30(39)36-29(31(40)41)16-21-18-35-28-7-5-4-6-24(21)28/h4-7,17-18,25-27,29,35,42H,8-16,19H2,1-3H3,(H,36,39)(H,40,41)/b37-23-/t25-,26+,27+,29-,32+,33+,34+/m1/s1. The molecule has 1 aromatic carbocycles. The molecule has 0 spiro atoms. The summed E-state index contributed by atoms with van der Waals surface area (Å²) < 4.78 is 0. The lowest BCUT2D eigenvalue weighted by Crippen LogP contribution is -2.57. The van der Waals surface area contributed by atoms with Crippen molar-refractivity contribution >= 4 is 34.3 Å². The number of allylic oxidation sites excluding steroid dienone is 2. The monoisotopic (exact) mass is 589 g/mol. The lowest BCUT2D eigenvalue weighted by atomic mass is 9.46. The highest BCUT2D eigenvalue weighted by Gasteiger charge is 2.65. The molecule has 4 aliphatic rings. The first-order valence-corrected chi connectivity index (χ1v) is 15.7. The third kappa shape index (κ3) is 4.89. The second kappa shape index (κ2) is 10.9. The Labute approximate surface area is 252 Å². The molecule has 0 saturated heterocycles. The number of H-pyrrole nitrogens is 1. The van der Waals surface area contributed by atoms with Crippen LogP contribution >= 0.6 is 0 Å². The van der Waals surface area contributed by atoms with E-state index >= 15 is 0 Å². The first-order valence-electron chi connectivity index (χ1n) is 15.7. The molecule has 1 amide bonds. The number of nitrogens with one attached hydrogen (secondary N) is 2. The zero-order valence-electron chi connectivity index (χ0n) is 25.3. The molecule has 0 unspecified atom stereocenters. The molecule has 230 valence electrons. The van der Waals surface area contributed by atoms with Crippen molar-refractivity contribution < 1.29 is 29.4 Å². The number of carboxylic acids is 1. The maximum absolute atomic E-state index is 12.6. The number of benzene rings is 1. The van der Waals surface area contributed by atoms with Crippen LogP contribution in [0.3, 0.4) is 0 Å². The topological polar surface area (TPSA) is 141 Å². The fourth-order valence-corrected chi connectivity index (χ4v) is 9.37. The van der Waals surface area contributed by atoms with Crippen LogP contribution in [0.2, 0.25) is 0 Å². The van der Waals surface area contributed by atoms with Crippen LogP contribution in [0.15, 0.2) is 47.3 Å². The van der Waals surface area contributed by atoms with Crippen LogP contribution in [0, 0.1) is 28.6 Å². The van der Waals surface area contributed by atoms with Gasteiger partial charge in [-0.25, -0.2) is 4.79 Å². The number of aliphatic hydroxyl groups is 1. The Bertz CT molecular complexity index is 1510. The number of ketones is 1. The Kier molecular flexibility index (Phi) is 7.51. The Balaban J connectivity index is 1.07. The molecular weight excluding hydrogens is 546 g/mol. The summed E-state index contributed by atoms with van der Waals surface area (Å²) >= 11 is 0. The number of nitrogens with zero attached hydrogens (tertiary/aromatic N) is 1. The number of hydrogen-bond donors (Lipinski definition) is 4. The van der Waals surface area contributed by atoms with E-state index in [2.05, 4.69) is 35.4 Å². The van der Waals surface area contributed by atoms with E-state index in [0.29, 0.717) is 24.2 Å². The number of aromatic nitrogens is 1. The van der Waals surface area contributed by atoms with Gasteiger partial charge in [-0.3, -0.25) is 9.59 Å². The van der Waals surface area contributed by atoms with Gasteiger partial charge in [-0.05, 0) is 99.2 Å². The van der Waals surface area contributed by atoms with Crippen molar-refractivity contribution in [2.45, 2.75) is 90.2 Å². The minimum atomic E-state index is -1.20. The summed E-state index contributed by atoms with van der Waals surface area (Å²) in [7, 11) is 0. The van der Waals surface area contributed by atoms with E-state index in [9.17, 15) is 24.6 Å². The van der Waals surface area contributed by atoms with Crippen LogP contribution in [0.1, 0.15) is 77.7 Å². The number of hydrogen-bond acceptors (Lipinski definition) is 6. The highest BCUT2D eigenvalue weighted by atomic mass is 16.6. The first-order chi connectivity index (χ1) is 20.5. The number of carboxylic acid groups (broad SMARTS) is 1. The smallest absolute Gasteiger partial charge is 0.326 e. The van der Waals surface area contributed by atoms with E-state index in [1.807, 2.05) is 24.3 Å². The van der Waals surface area contributed by atoms with Gasteiger partial charge in [0.05, 0.1) is 5.71 Å². The van der Waals surface area contributed by atoms with Gasteiger partial charge in [-0.15, -0.1) is 0 Å². The third-order valence-corrected chi connectivity index (χ3v) is 11.8. The molecule has 9 heteroatoms. The summed E-state index contributed by atoms with van der Waals surface area (Å²) in [5.74, 6) is -0.349. The van der Waals surface area contributed by atoms with Gasteiger partial charge in [0.15, 0.2) is 12.4 Å². The lowest BCUT2D eigenvalue weighted by Gasteiger charge is -2.59. The Morgan fingerprint density at radius 2 is 1.86 bits per heavy atom. The lowest BCUT2D eigenvalue weighted by molar-refractivity contribution is -0.159. The molecule has 3 saturated carbocycles. The molecule has 3 fully saturated rings. The Morgan fingerprint density at radius 1 is 1.09 bits per heavy atom. The number of aromatic amines is 1. The van der Waals surface area contributed by atoms with Crippen LogP contribution in [-0.2, 0) is 25.6 Å². The molecule has 43 heavy (non-hydrogen) atoms. The molecule has 1 heterocycles. The SMILES string of the molecule is CC(=O)[C@@]1(O)CC[C@H]2[C@@H]3CCC4=C/C(=N\OCC(=O)N[C@H](Cc5c[nH]c6ccccc56)C(=O)O)CC[C@]4(C)[C@H]3CC[C@@]21C. The summed E-state index contributed by atoms with van der Waals surface area (Å²) in [5.41, 5.74) is 2.42. The first kappa shape index (κ1) is 29.6. The number of para-hydroxylation sites is 1. The molecule has 0 aliphatic heterocycles. The van der Waals surface area contributed by atoms with Crippen molar-refractivity contribution in [3.63, 3.8) is 0 Å². The van der Waals surface area contributed by atoms with E-state index in [4.69, 9.17) is 4.84 Å². The number of oxime groups is 1. The van der Waals surface area contributed by atoms with Crippen LogP contribution < -0.4 is 5.32 Å². The molecule has 6 rings (SSSR count). The summed E-state index contributed by atoms with van der Waals surface area (Å²) in [6.45, 7) is 5.71. The van der Waals surface area contributed by atoms with Crippen molar-refractivity contribution in [2.24, 2.45) is 33.7 Å². The molecule has 4 aliphatic carbocycles. The zero-order chi connectivity index (χ0) is 30.6. The van der Waals surface area contributed by atoms with E-state index in [-0.39, 0.29) is 29.6 Å². The second-order valence-corrected chi connectivity index (χ2v) is 13.8. The van der Waals surface area contributed by atoms with Gasteiger partial charge in [0, 0.05) is 28.9 Å². The van der Waals surface area contributed by atoms with Crippen LogP contribution in [0.4, 0.5) is 0 Å². The number of amides is 1. The molecule has 4 N–H and O–H groups in total. The van der Waals surface area contributed by atoms with Gasteiger partial charge in [0.25, 0.3) is 5.91 Å². The van der Waals surface area contributed by atoms with Crippen LogP contribution in [0.5, 0.6) is 0 Å². The summed E-state index contributed by atoms with van der Waals surface area (Å²) in [4.78, 5) is 45.6. The largest absolute Gasteiger partial charge is 0.480 e. The molecule has 0 bridgehead atoms. The summed E-state index contributed by atoms with van der Waals surface area (Å²) in [6, 6.07) is 6.56. The van der Waals surface area contributed by atoms with Crippen molar-refractivity contribution in [3.8, 4) is 0 Å². The van der Waals surface area contributed by atoms with Gasteiger partial charge in [0.2, 0.25) is 0 Å². The maximum Gasteiger partial charge on any atom is 0.326 e. The van der Waals surface area contributed by atoms with Crippen molar-refractivity contribution in [2.75, 3.05) is 6.61 Å². The Morgan fingerprint density at radius 3 is 2.63 bits per heavy atom. The molecule has 0 radical (unpaired) electrons. The van der Waals surface area contributed by atoms with Gasteiger partial charge < -0.3 is 25.4 Å². The minimum Gasteiger partial charge on any atom is -0.480 e. The molecule has 1 aromatic heterocycles. The van der Waals surface area contributed by atoms with Crippen LogP contribution in [-0.4, -0.2) is 56.8 Å². The normalized spacial score (nSPS) is 34.9. The molecule has 9 nitrogen and oxygen atoms in total. The van der Waals surface area contributed by atoms with Gasteiger partial charge >= 0.3 is 5.97 Å². The van der Waals surface area contributed by atoms with E-state index < -0.39 is 23.5 Å². The van der Waals surface area contributed by atoms with Crippen LogP contribution in [0.25, 0.3) is 10.9 Å². The van der Waals surface area contributed by atoms with E-state index in [0.717, 1.165) is 67.1 Å². The quantitative estimate of drug-likeness (QED) is 0.322. The predicted octanol–water partition coefficient (Wildman–Crippen LogP) is 4.94. The highest BCUT2D eigenvalue weighted by molar-refractivity contribution is 5.96. The average molecular weight is 590 g/mol. The molecule has 7 atom stereocenters. The maximum atomic E-state index is 12.6. The third-order valence-electron chi connectivity index (χ3n) is 11.8. The number of fused-ring (bicyclic) bond motifs is 6. The number of aliphatic carboxylic acids is 1. The average Bonchev–Trinajstić information content (AvgIpc) is 3.51. The van der Waals surface area contributed by atoms with Crippen molar-refractivity contribution in [1.82, 2.24) is 10.3 Å². The number of carbonyl (C=O) groups is 3. The van der Waals surface area contributed by atoms with Gasteiger partial charge in [0.1, 0.15) is 11.6 Å². The number of rotatable bonds is 8.